The molecule has 2 unspecified atom stereocenters. The van der Waals surface area contributed by atoms with E-state index in [1.807, 2.05) is 6.07 Å². The summed E-state index contributed by atoms with van der Waals surface area (Å²) in [6.07, 6.45) is 17.9. The van der Waals surface area contributed by atoms with Crippen LogP contribution >= 0.6 is 0 Å². The Bertz CT molecular complexity index is 1930. The minimum absolute atomic E-state index is 0.0506. The fraction of sp³-hybridized carbons (Fsp3) is 0.778. The lowest BCUT2D eigenvalue weighted by Crippen LogP contribution is -2.49. The molecule has 6 rings (SSSR count). The van der Waals surface area contributed by atoms with E-state index in [2.05, 4.69) is 101 Å². The number of rotatable bonds is 18. The molecular weight excluding hydrogens is 849 g/mol. The second-order valence-electron chi connectivity index (χ2n) is 24.4. The van der Waals surface area contributed by atoms with E-state index in [4.69, 9.17) is 24.9 Å². The molecule has 0 amide bonds. The third kappa shape index (κ3) is 10.6. The third-order valence-corrected chi connectivity index (χ3v) is 29.4. The van der Waals surface area contributed by atoms with Crippen LogP contribution in [0.2, 0.25) is 36.3 Å². The minimum Gasteiger partial charge on any atom is -0.413 e. The predicted octanol–water partition coefficient (Wildman–Crippen LogP) is 13.9. The number of unbranched alkanes of at least 4 members (excludes halogenated alkanes) is 3. The SMILES string of the molecule is C=C1/C(=C\C=C2/CCC[C@]3(C)[C@@H]([C@H](C)C(O)C(CC4(C5(CCCCCC)OCCO5)CC4)S(=O)(=O)c4ccccc4)CC[C@@H]23)C[C@@H](O[Si](C)(C)C(C)(C)C)C[C@@H]1O[Si](C)(C)C(C)(C)C. The Balaban J connectivity index is 1.27. The van der Waals surface area contributed by atoms with Gasteiger partial charge in [0.25, 0.3) is 0 Å². The van der Waals surface area contributed by atoms with Crippen molar-refractivity contribution in [2.24, 2.45) is 28.6 Å². The highest BCUT2D eigenvalue weighted by Gasteiger charge is 2.65. The molecule has 0 spiro atoms. The van der Waals surface area contributed by atoms with Gasteiger partial charge in [0.1, 0.15) is 0 Å². The molecule has 362 valence electrons. The first kappa shape index (κ1) is 52.0. The van der Waals surface area contributed by atoms with Crippen molar-refractivity contribution in [3.63, 3.8) is 0 Å². The topological polar surface area (TPSA) is 91.3 Å². The van der Waals surface area contributed by atoms with Crippen molar-refractivity contribution >= 4 is 26.5 Å². The Hall–Kier alpha value is -1.38. The first-order valence-electron chi connectivity index (χ1n) is 25.4. The molecule has 1 aliphatic heterocycles. The molecule has 7 nitrogen and oxygen atoms in total. The highest BCUT2D eigenvalue weighted by atomic mass is 32.2. The van der Waals surface area contributed by atoms with Crippen molar-refractivity contribution in [3.05, 3.63) is 65.8 Å². The average Bonchev–Trinajstić information content (AvgIpc) is 3.69. The van der Waals surface area contributed by atoms with Crippen LogP contribution in [0.15, 0.2) is 70.7 Å². The maximum absolute atomic E-state index is 14.9. The molecule has 5 fully saturated rings. The molecule has 1 N–H and O–H groups in total. The Morgan fingerprint density at radius 3 is 2.12 bits per heavy atom. The highest BCUT2D eigenvalue weighted by molar-refractivity contribution is 7.92. The molecule has 1 saturated heterocycles. The predicted molar refractivity (Wildman–Crippen MR) is 269 cm³/mol. The smallest absolute Gasteiger partial charge is 0.192 e. The van der Waals surface area contributed by atoms with Crippen LogP contribution in [-0.2, 0) is 28.2 Å². The summed E-state index contributed by atoms with van der Waals surface area (Å²) in [6, 6.07) is 8.85. The van der Waals surface area contributed by atoms with Gasteiger partial charge in [-0.15, -0.1) is 0 Å². The van der Waals surface area contributed by atoms with Crippen molar-refractivity contribution in [2.45, 2.75) is 229 Å². The van der Waals surface area contributed by atoms with Gasteiger partial charge in [0.15, 0.2) is 32.3 Å². The van der Waals surface area contributed by atoms with E-state index in [-0.39, 0.29) is 44.4 Å². The maximum Gasteiger partial charge on any atom is 0.192 e. The fourth-order valence-electron chi connectivity index (χ4n) is 11.9. The van der Waals surface area contributed by atoms with E-state index < -0.39 is 49.0 Å². The zero-order valence-corrected chi connectivity index (χ0v) is 45.4. The van der Waals surface area contributed by atoms with Gasteiger partial charge in [-0.1, -0.05) is 124 Å². The number of benzene rings is 1. The van der Waals surface area contributed by atoms with Crippen molar-refractivity contribution in [1.29, 1.82) is 0 Å². The minimum atomic E-state index is -3.89. The van der Waals surface area contributed by atoms with E-state index >= 15 is 0 Å². The van der Waals surface area contributed by atoms with E-state index in [0.717, 1.165) is 95.5 Å². The molecule has 10 heteroatoms. The first-order valence-corrected chi connectivity index (χ1v) is 32.8. The van der Waals surface area contributed by atoms with Gasteiger partial charge in [-0.25, -0.2) is 8.42 Å². The van der Waals surface area contributed by atoms with Gasteiger partial charge in [0.2, 0.25) is 0 Å². The highest BCUT2D eigenvalue weighted by Crippen LogP contribution is 2.64. The molecule has 1 aromatic carbocycles. The quantitative estimate of drug-likeness (QED) is 0.116. The number of ether oxygens (including phenoxy) is 2. The lowest BCUT2D eigenvalue weighted by atomic mass is 9.60. The summed E-state index contributed by atoms with van der Waals surface area (Å²) < 4.78 is 57.2. The van der Waals surface area contributed by atoms with Crippen LogP contribution in [-0.4, -0.2) is 72.7 Å². The van der Waals surface area contributed by atoms with Crippen molar-refractivity contribution in [2.75, 3.05) is 13.2 Å². The Morgan fingerprint density at radius 2 is 1.53 bits per heavy atom. The molecule has 64 heavy (non-hydrogen) atoms. The molecule has 0 radical (unpaired) electrons. The van der Waals surface area contributed by atoms with Gasteiger partial charge in [0.05, 0.1) is 41.7 Å². The Kier molecular flexibility index (Phi) is 15.9. The molecule has 0 aromatic heterocycles. The van der Waals surface area contributed by atoms with Gasteiger partial charge < -0.3 is 23.4 Å². The maximum atomic E-state index is 14.9. The monoisotopic (exact) mass is 939 g/mol. The number of aliphatic hydroxyl groups excluding tert-OH is 1. The molecule has 8 atom stereocenters. The Labute approximate surface area is 393 Å². The number of fused-ring (bicyclic) bond motifs is 1. The van der Waals surface area contributed by atoms with Gasteiger partial charge in [-0.3, -0.25) is 0 Å². The van der Waals surface area contributed by atoms with E-state index in [0.29, 0.717) is 25.6 Å². The lowest BCUT2D eigenvalue weighted by Gasteiger charge is -2.46. The Morgan fingerprint density at radius 1 is 0.906 bits per heavy atom. The summed E-state index contributed by atoms with van der Waals surface area (Å²) in [5.41, 5.74) is 3.36. The van der Waals surface area contributed by atoms with Gasteiger partial charge in [-0.2, -0.15) is 0 Å². The molecule has 4 saturated carbocycles. The molecule has 0 bridgehead atoms. The van der Waals surface area contributed by atoms with Crippen molar-refractivity contribution in [3.8, 4) is 0 Å². The summed E-state index contributed by atoms with van der Waals surface area (Å²) in [4.78, 5) is 0.289. The second kappa shape index (κ2) is 19.6. The number of hydrogen-bond acceptors (Lipinski definition) is 7. The zero-order chi connectivity index (χ0) is 47.1. The molecule has 5 aliphatic rings. The number of aliphatic hydroxyl groups is 1. The van der Waals surface area contributed by atoms with Crippen LogP contribution in [0.4, 0.5) is 0 Å². The fourth-order valence-corrected chi connectivity index (χ4v) is 16.6. The van der Waals surface area contributed by atoms with Crippen LogP contribution in [0.3, 0.4) is 0 Å². The molecule has 1 aromatic rings. The van der Waals surface area contributed by atoms with Crippen LogP contribution < -0.4 is 0 Å². The summed E-state index contributed by atoms with van der Waals surface area (Å²) in [5, 5.41) is 12.0. The number of allylic oxidation sites excluding steroid dienone is 3. The second-order valence-corrected chi connectivity index (χ2v) is 36.0. The van der Waals surface area contributed by atoms with Crippen LogP contribution in [0, 0.1) is 28.6 Å². The lowest BCUT2D eigenvalue weighted by molar-refractivity contribution is -0.214. The average molecular weight is 940 g/mol. The third-order valence-electron chi connectivity index (χ3n) is 18.2. The first-order chi connectivity index (χ1) is 29.7. The summed E-state index contributed by atoms with van der Waals surface area (Å²) >= 11 is 0. The normalized spacial score (nSPS) is 30.4. The summed E-state index contributed by atoms with van der Waals surface area (Å²) in [7, 11) is -8.01. The zero-order valence-electron chi connectivity index (χ0n) is 42.6. The van der Waals surface area contributed by atoms with Crippen molar-refractivity contribution < 1.29 is 31.9 Å². The van der Waals surface area contributed by atoms with Crippen LogP contribution in [0.5, 0.6) is 0 Å². The molecular formula is C54H90O7SSi2. The molecule has 4 aliphatic carbocycles. The van der Waals surface area contributed by atoms with E-state index in [1.54, 1.807) is 24.3 Å². The van der Waals surface area contributed by atoms with E-state index in [9.17, 15) is 13.5 Å². The number of hydrogen-bond donors (Lipinski definition) is 1. The van der Waals surface area contributed by atoms with Crippen LogP contribution in [0.25, 0.3) is 0 Å². The summed E-state index contributed by atoms with van der Waals surface area (Å²) in [5.74, 6) is -0.437. The van der Waals surface area contributed by atoms with Gasteiger partial charge in [-0.05, 0) is 147 Å². The van der Waals surface area contributed by atoms with Crippen LogP contribution in [0.1, 0.15) is 159 Å². The largest absolute Gasteiger partial charge is 0.413 e. The van der Waals surface area contributed by atoms with Gasteiger partial charge >= 0.3 is 0 Å². The summed E-state index contributed by atoms with van der Waals surface area (Å²) in [6.45, 7) is 35.9. The molecule has 1 heterocycles. The van der Waals surface area contributed by atoms with E-state index in [1.165, 1.54) is 11.1 Å². The standard InChI is InChI=1S/C54H90O7SSi2/c1-15-16-17-21-31-54(58-34-35-59-54)53(32-33-53)38-48(62(56,57)44-24-19-18-20-25-44)49(55)40(3)45-28-29-46-41(23-22-30-52(45,46)10)26-27-42-36-43(60-63(11,12)50(4,5)6)37-47(39(42)2)61-64(13,14)51(7,8)9/h18-20,24-27,40,43,45-49,55H,2,15-17,21-23,28-38H2,1,3-14H3/b41-26+,42-27-/t40-,43+,45+,46-,47-,48?,49?,52+/m0/s1. The van der Waals surface area contributed by atoms with Crippen molar-refractivity contribution in [1.82, 2.24) is 0 Å². The number of sulfone groups is 1. The van der Waals surface area contributed by atoms with Gasteiger partial charge in [0, 0.05) is 18.3 Å².